The predicted octanol–water partition coefficient (Wildman–Crippen LogP) is 2.83. The van der Waals surface area contributed by atoms with Crippen LogP contribution in [0.25, 0.3) is 0 Å². The van der Waals surface area contributed by atoms with Crippen LogP contribution in [-0.2, 0) is 0 Å². The van der Waals surface area contributed by atoms with Crippen molar-refractivity contribution in [1.82, 2.24) is 14.3 Å². The van der Waals surface area contributed by atoms with Crippen LogP contribution in [-0.4, -0.2) is 26.3 Å². The number of aryl methyl sites for hydroxylation is 1. The molecule has 0 radical (unpaired) electrons. The number of carbonyl (C=O) groups is 1. The molecule has 1 amide bonds. The fraction of sp³-hybridized carbons (Fsp3) is 0.467. The van der Waals surface area contributed by atoms with Gasteiger partial charge in [-0.3, -0.25) is 4.79 Å². The summed E-state index contributed by atoms with van der Waals surface area (Å²) in [6.07, 6.45) is 7.59. The molecule has 0 saturated heterocycles. The lowest BCUT2D eigenvalue weighted by Gasteiger charge is -2.23. The molecule has 2 aromatic rings. The van der Waals surface area contributed by atoms with Gasteiger partial charge in [0.2, 0.25) is 0 Å². The minimum Gasteiger partial charge on any atom is -0.366 e. The van der Waals surface area contributed by atoms with E-state index in [0.29, 0.717) is 17.7 Å². The third-order valence-electron chi connectivity index (χ3n) is 3.83. The first kappa shape index (κ1) is 15.7. The van der Waals surface area contributed by atoms with E-state index in [-0.39, 0.29) is 5.69 Å². The van der Waals surface area contributed by atoms with Gasteiger partial charge in [0.25, 0.3) is 5.91 Å². The second kappa shape index (κ2) is 6.91. The molecular weight excluding hydrogens is 312 g/mol. The molecule has 23 heavy (non-hydrogen) atoms. The zero-order valence-corrected chi connectivity index (χ0v) is 13.8. The van der Waals surface area contributed by atoms with Gasteiger partial charge in [-0.15, -0.1) is 0 Å². The summed E-state index contributed by atoms with van der Waals surface area (Å²) < 4.78 is 4.20. The highest BCUT2D eigenvalue weighted by molar-refractivity contribution is 7.10. The van der Waals surface area contributed by atoms with E-state index in [2.05, 4.69) is 25.0 Å². The van der Waals surface area contributed by atoms with Crippen LogP contribution in [0.2, 0.25) is 0 Å². The van der Waals surface area contributed by atoms with E-state index in [0.717, 1.165) is 23.5 Å². The van der Waals surface area contributed by atoms with Gasteiger partial charge >= 0.3 is 0 Å². The Kier molecular flexibility index (Phi) is 4.71. The maximum absolute atomic E-state index is 11.6. The summed E-state index contributed by atoms with van der Waals surface area (Å²) in [7, 11) is 0. The van der Waals surface area contributed by atoms with Crippen molar-refractivity contribution in [2.75, 3.05) is 10.6 Å². The number of primary amides is 1. The van der Waals surface area contributed by atoms with Gasteiger partial charge < -0.3 is 16.4 Å². The van der Waals surface area contributed by atoms with Crippen LogP contribution in [0, 0.1) is 6.92 Å². The zero-order valence-electron chi connectivity index (χ0n) is 13.0. The molecule has 1 aliphatic carbocycles. The van der Waals surface area contributed by atoms with Gasteiger partial charge in [0, 0.05) is 6.04 Å². The first-order valence-corrected chi connectivity index (χ1v) is 8.53. The smallest absolute Gasteiger partial charge is 0.271 e. The lowest BCUT2D eigenvalue weighted by Crippen LogP contribution is -2.24. The van der Waals surface area contributed by atoms with E-state index in [4.69, 9.17) is 5.73 Å². The topological polar surface area (TPSA) is 106 Å². The first-order valence-electron chi connectivity index (χ1n) is 7.75. The number of amides is 1. The Morgan fingerprint density at radius 1 is 1.35 bits per heavy atom. The molecule has 122 valence electrons. The Bertz CT molecular complexity index is 695. The number of anilines is 3. The minimum absolute atomic E-state index is 0.130. The van der Waals surface area contributed by atoms with Crippen LogP contribution in [0.15, 0.2) is 12.3 Å². The Morgan fingerprint density at radius 2 is 2.13 bits per heavy atom. The fourth-order valence-corrected chi connectivity index (χ4v) is 3.38. The minimum atomic E-state index is -0.606. The van der Waals surface area contributed by atoms with Crippen molar-refractivity contribution in [2.24, 2.45) is 5.73 Å². The van der Waals surface area contributed by atoms with Crippen LogP contribution in [0.5, 0.6) is 0 Å². The van der Waals surface area contributed by atoms with E-state index in [1.807, 2.05) is 13.0 Å². The molecule has 1 saturated carbocycles. The average molecular weight is 332 g/mol. The second-order valence-corrected chi connectivity index (χ2v) is 6.56. The largest absolute Gasteiger partial charge is 0.366 e. The molecule has 7 nitrogen and oxygen atoms in total. The quantitative estimate of drug-likeness (QED) is 0.777. The van der Waals surface area contributed by atoms with E-state index >= 15 is 0 Å². The summed E-state index contributed by atoms with van der Waals surface area (Å²) in [5.74, 6) is 0.415. The van der Waals surface area contributed by atoms with Crippen LogP contribution < -0.4 is 16.4 Å². The van der Waals surface area contributed by atoms with Crippen molar-refractivity contribution < 1.29 is 4.79 Å². The van der Waals surface area contributed by atoms with Crippen LogP contribution >= 0.6 is 11.5 Å². The molecule has 0 aliphatic heterocycles. The summed E-state index contributed by atoms with van der Waals surface area (Å²) in [6.45, 7) is 1.91. The molecule has 3 rings (SSSR count). The Labute approximate surface area is 138 Å². The number of nitrogens with zero attached hydrogens (tertiary/aromatic N) is 3. The van der Waals surface area contributed by atoms with Gasteiger partial charge in [-0.2, -0.15) is 4.37 Å². The molecule has 0 bridgehead atoms. The number of aromatic nitrogens is 3. The molecule has 0 unspecified atom stereocenters. The van der Waals surface area contributed by atoms with E-state index < -0.39 is 5.91 Å². The summed E-state index contributed by atoms with van der Waals surface area (Å²) in [5.41, 5.74) is 6.43. The maximum atomic E-state index is 11.6. The van der Waals surface area contributed by atoms with E-state index in [1.54, 1.807) is 6.20 Å². The maximum Gasteiger partial charge on any atom is 0.271 e. The summed E-state index contributed by atoms with van der Waals surface area (Å²) in [5, 5.41) is 7.29. The number of nitrogens with one attached hydrogen (secondary N) is 2. The number of carbonyl (C=O) groups excluding carboxylic acids is 1. The summed E-state index contributed by atoms with van der Waals surface area (Å²) >= 11 is 1.30. The van der Waals surface area contributed by atoms with Gasteiger partial charge in [0.1, 0.15) is 10.8 Å². The standard InChI is InChI=1S/C15H20N6OS/c1-9-7-12(23-21-9)20-15-13(14(16)22)17-8-11(19-15)18-10-5-3-2-4-6-10/h7-8,10H,2-6H2,1H3,(H2,16,22)(H2,18,19,20). The SMILES string of the molecule is Cc1cc(Nc2nc(NC3CCCCC3)cnc2C(N)=O)sn1. The van der Waals surface area contributed by atoms with Crippen molar-refractivity contribution >= 4 is 34.1 Å². The van der Waals surface area contributed by atoms with Crippen LogP contribution in [0.1, 0.15) is 48.3 Å². The lowest BCUT2D eigenvalue weighted by molar-refractivity contribution is 0.0996. The molecule has 0 atom stereocenters. The molecular formula is C15H20N6OS. The molecule has 1 fully saturated rings. The van der Waals surface area contributed by atoms with Gasteiger partial charge in [-0.25, -0.2) is 9.97 Å². The molecule has 2 heterocycles. The van der Waals surface area contributed by atoms with Gasteiger partial charge in [-0.1, -0.05) is 19.3 Å². The highest BCUT2D eigenvalue weighted by atomic mass is 32.1. The van der Waals surface area contributed by atoms with Crippen molar-refractivity contribution in [2.45, 2.75) is 45.1 Å². The average Bonchev–Trinajstić information content (AvgIpc) is 2.93. The molecule has 1 aliphatic rings. The van der Waals surface area contributed by atoms with Crippen molar-refractivity contribution in [3.63, 3.8) is 0 Å². The first-order chi connectivity index (χ1) is 11.1. The van der Waals surface area contributed by atoms with Crippen molar-refractivity contribution in [1.29, 1.82) is 0 Å². The third kappa shape index (κ3) is 3.95. The predicted molar refractivity (Wildman–Crippen MR) is 91.2 cm³/mol. The number of hydrogen-bond acceptors (Lipinski definition) is 7. The Balaban J connectivity index is 1.82. The number of rotatable bonds is 5. The third-order valence-corrected chi connectivity index (χ3v) is 4.63. The highest BCUT2D eigenvalue weighted by Gasteiger charge is 2.17. The van der Waals surface area contributed by atoms with Crippen LogP contribution in [0.3, 0.4) is 0 Å². The molecule has 4 N–H and O–H groups in total. The summed E-state index contributed by atoms with van der Waals surface area (Å²) in [6, 6.07) is 2.30. The van der Waals surface area contributed by atoms with Crippen molar-refractivity contribution in [3.05, 3.63) is 23.7 Å². The Morgan fingerprint density at radius 3 is 2.78 bits per heavy atom. The number of nitrogens with two attached hydrogens (primary N) is 1. The van der Waals surface area contributed by atoms with Gasteiger partial charge in [0.05, 0.1) is 11.9 Å². The Hall–Kier alpha value is -2.22. The number of hydrogen-bond donors (Lipinski definition) is 3. The highest BCUT2D eigenvalue weighted by Crippen LogP contribution is 2.25. The van der Waals surface area contributed by atoms with Crippen molar-refractivity contribution in [3.8, 4) is 0 Å². The van der Waals surface area contributed by atoms with E-state index in [9.17, 15) is 4.79 Å². The summed E-state index contributed by atoms with van der Waals surface area (Å²) in [4.78, 5) is 20.2. The molecule has 8 heteroatoms. The monoisotopic (exact) mass is 332 g/mol. The molecule has 0 spiro atoms. The molecule has 0 aromatic carbocycles. The second-order valence-electron chi connectivity index (χ2n) is 5.75. The van der Waals surface area contributed by atoms with E-state index in [1.165, 1.54) is 30.8 Å². The zero-order chi connectivity index (χ0) is 16.2. The normalized spacial score (nSPS) is 15.3. The lowest BCUT2D eigenvalue weighted by atomic mass is 9.96. The fourth-order valence-electron chi connectivity index (χ4n) is 2.72. The van der Waals surface area contributed by atoms with Gasteiger partial charge in [-0.05, 0) is 37.4 Å². The van der Waals surface area contributed by atoms with Gasteiger partial charge in [0.15, 0.2) is 11.5 Å². The van der Waals surface area contributed by atoms with Crippen LogP contribution in [0.4, 0.5) is 16.6 Å². The molecule has 2 aromatic heterocycles.